The maximum atomic E-state index is 9.65. The van der Waals surface area contributed by atoms with E-state index in [1.165, 1.54) is 5.56 Å². The first-order valence-corrected chi connectivity index (χ1v) is 9.17. The molecule has 3 rings (SSSR count). The summed E-state index contributed by atoms with van der Waals surface area (Å²) in [6, 6.07) is 25.8. The summed E-state index contributed by atoms with van der Waals surface area (Å²) in [7, 11) is 0. The molecule has 0 spiro atoms. The number of phenolic OH excluding ortho intramolecular Hbond substituents is 1. The fourth-order valence-electron chi connectivity index (χ4n) is 3.16. The molecule has 3 aromatic carbocycles. The Hall–Kier alpha value is -2.74. The van der Waals surface area contributed by atoms with Gasteiger partial charge in [-0.25, -0.2) is 0 Å². The van der Waals surface area contributed by atoms with Crippen molar-refractivity contribution >= 4 is 0 Å². The highest BCUT2D eigenvalue weighted by atomic mass is 16.5. The van der Waals surface area contributed by atoms with Crippen LogP contribution in [0.15, 0.2) is 78.9 Å². The minimum absolute atomic E-state index is 0.252. The van der Waals surface area contributed by atoms with Crippen molar-refractivity contribution < 1.29 is 9.84 Å². The maximum absolute atomic E-state index is 9.65. The third kappa shape index (κ3) is 3.75. The molecule has 2 atom stereocenters. The highest BCUT2D eigenvalue weighted by molar-refractivity contribution is 5.40. The summed E-state index contributed by atoms with van der Waals surface area (Å²) in [6.45, 7) is 6.50. The van der Waals surface area contributed by atoms with Gasteiger partial charge in [-0.15, -0.1) is 0 Å². The van der Waals surface area contributed by atoms with Gasteiger partial charge in [0.2, 0.25) is 0 Å². The molecule has 1 N–H and O–H groups in total. The molecule has 0 bridgehead atoms. The molecule has 0 radical (unpaired) electrons. The monoisotopic (exact) mass is 346 g/mol. The first-order valence-electron chi connectivity index (χ1n) is 9.17. The summed E-state index contributed by atoms with van der Waals surface area (Å²) in [4.78, 5) is 0. The van der Waals surface area contributed by atoms with Gasteiger partial charge in [0.1, 0.15) is 11.5 Å². The van der Waals surface area contributed by atoms with Crippen LogP contribution < -0.4 is 4.74 Å². The SMILES string of the molecule is CCC(C)c1ccc(OC(C)(c2ccccc2)c2ccc(O)cc2)cc1. The van der Waals surface area contributed by atoms with Crippen molar-refractivity contribution in [1.82, 2.24) is 0 Å². The predicted octanol–water partition coefficient (Wildman–Crippen LogP) is 6.25. The molecule has 3 aromatic rings. The summed E-state index contributed by atoms with van der Waals surface area (Å²) >= 11 is 0. The lowest BCUT2D eigenvalue weighted by Gasteiger charge is -2.32. The molecule has 134 valence electrons. The number of rotatable bonds is 6. The van der Waals surface area contributed by atoms with E-state index in [1.54, 1.807) is 12.1 Å². The van der Waals surface area contributed by atoms with E-state index in [-0.39, 0.29) is 5.75 Å². The molecule has 26 heavy (non-hydrogen) atoms. The minimum Gasteiger partial charge on any atom is -0.508 e. The van der Waals surface area contributed by atoms with E-state index < -0.39 is 5.60 Å². The van der Waals surface area contributed by atoms with Gasteiger partial charge in [0.15, 0.2) is 5.60 Å². The second kappa shape index (κ2) is 7.65. The van der Waals surface area contributed by atoms with Crippen LogP contribution in [0.4, 0.5) is 0 Å². The average molecular weight is 346 g/mol. The van der Waals surface area contributed by atoms with Crippen molar-refractivity contribution in [3.05, 3.63) is 95.6 Å². The van der Waals surface area contributed by atoms with E-state index in [0.717, 1.165) is 23.3 Å². The first kappa shape index (κ1) is 18.1. The Bertz CT molecular complexity index is 822. The van der Waals surface area contributed by atoms with Gasteiger partial charge >= 0.3 is 0 Å². The normalized spacial score (nSPS) is 14.4. The van der Waals surface area contributed by atoms with Crippen LogP contribution in [0.1, 0.15) is 49.8 Å². The van der Waals surface area contributed by atoms with Gasteiger partial charge in [-0.05, 0) is 60.2 Å². The standard InChI is InChI=1S/C24H26O2/c1-4-18(2)19-10-16-23(17-11-19)26-24(3,20-8-6-5-7-9-20)21-12-14-22(25)15-13-21/h5-18,25H,4H2,1-3H3. The molecule has 0 aromatic heterocycles. The molecule has 2 unspecified atom stereocenters. The van der Waals surface area contributed by atoms with E-state index in [1.807, 2.05) is 42.5 Å². The number of phenols is 1. The van der Waals surface area contributed by atoms with Crippen LogP contribution in [-0.4, -0.2) is 5.11 Å². The summed E-state index contributed by atoms with van der Waals surface area (Å²) < 4.78 is 6.50. The third-order valence-corrected chi connectivity index (χ3v) is 5.13. The van der Waals surface area contributed by atoms with E-state index in [9.17, 15) is 5.11 Å². The lowest BCUT2D eigenvalue weighted by atomic mass is 9.87. The van der Waals surface area contributed by atoms with Gasteiger partial charge in [0, 0.05) is 0 Å². The number of aromatic hydroxyl groups is 1. The van der Waals surface area contributed by atoms with Gasteiger partial charge < -0.3 is 9.84 Å². The molecule has 0 saturated carbocycles. The van der Waals surface area contributed by atoms with Crippen LogP contribution in [0, 0.1) is 0 Å². The Morgan fingerprint density at radius 2 is 1.42 bits per heavy atom. The minimum atomic E-state index is -0.646. The Kier molecular flexibility index (Phi) is 5.32. The Labute approximate surface area is 156 Å². The van der Waals surface area contributed by atoms with Crippen molar-refractivity contribution in [1.29, 1.82) is 0 Å². The molecule has 0 saturated heterocycles. The van der Waals surface area contributed by atoms with E-state index in [2.05, 4.69) is 45.0 Å². The largest absolute Gasteiger partial charge is 0.508 e. The van der Waals surface area contributed by atoms with Crippen LogP contribution in [0.5, 0.6) is 11.5 Å². The molecule has 0 aliphatic rings. The molecular formula is C24H26O2. The lowest BCUT2D eigenvalue weighted by molar-refractivity contribution is 0.132. The zero-order valence-corrected chi connectivity index (χ0v) is 15.6. The quantitative estimate of drug-likeness (QED) is 0.572. The second-order valence-electron chi connectivity index (χ2n) is 6.93. The van der Waals surface area contributed by atoms with Crippen molar-refractivity contribution in [2.45, 2.75) is 38.7 Å². The van der Waals surface area contributed by atoms with Crippen LogP contribution in [0.2, 0.25) is 0 Å². The van der Waals surface area contributed by atoms with Crippen LogP contribution in [-0.2, 0) is 5.60 Å². The highest BCUT2D eigenvalue weighted by Gasteiger charge is 2.31. The van der Waals surface area contributed by atoms with Gasteiger partial charge in [-0.2, -0.15) is 0 Å². The Morgan fingerprint density at radius 1 is 0.846 bits per heavy atom. The summed E-state index contributed by atoms with van der Waals surface area (Å²) in [5.74, 6) is 1.63. The molecule has 0 fully saturated rings. The van der Waals surface area contributed by atoms with Gasteiger partial charge in [-0.3, -0.25) is 0 Å². The summed E-state index contributed by atoms with van der Waals surface area (Å²) in [5.41, 5.74) is 2.74. The zero-order chi connectivity index (χ0) is 18.6. The number of benzene rings is 3. The highest BCUT2D eigenvalue weighted by Crippen LogP contribution is 2.36. The van der Waals surface area contributed by atoms with Crippen molar-refractivity contribution in [2.75, 3.05) is 0 Å². The smallest absolute Gasteiger partial charge is 0.156 e. The summed E-state index contributed by atoms with van der Waals surface area (Å²) in [6.07, 6.45) is 1.12. The van der Waals surface area contributed by atoms with E-state index in [4.69, 9.17) is 4.74 Å². The molecular weight excluding hydrogens is 320 g/mol. The maximum Gasteiger partial charge on any atom is 0.156 e. The van der Waals surface area contributed by atoms with E-state index in [0.29, 0.717) is 5.92 Å². The van der Waals surface area contributed by atoms with Gasteiger partial charge in [0.05, 0.1) is 0 Å². The predicted molar refractivity (Wildman–Crippen MR) is 107 cm³/mol. The molecule has 0 aliphatic heterocycles. The second-order valence-corrected chi connectivity index (χ2v) is 6.93. The van der Waals surface area contributed by atoms with Crippen LogP contribution >= 0.6 is 0 Å². The Balaban J connectivity index is 1.98. The van der Waals surface area contributed by atoms with Crippen LogP contribution in [0.25, 0.3) is 0 Å². The van der Waals surface area contributed by atoms with Crippen LogP contribution in [0.3, 0.4) is 0 Å². The molecule has 0 aliphatic carbocycles. The topological polar surface area (TPSA) is 29.5 Å². The first-order chi connectivity index (χ1) is 12.5. The fraction of sp³-hybridized carbons (Fsp3) is 0.250. The van der Waals surface area contributed by atoms with Crippen molar-refractivity contribution in [2.24, 2.45) is 0 Å². The molecule has 2 nitrogen and oxygen atoms in total. The summed E-state index contributed by atoms with van der Waals surface area (Å²) in [5, 5.41) is 9.65. The lowest BCUT2D eigenvalue weighted by Crippen LogP contribution is -2.30. The van der Waals surface area contributed by atoms with Gasteiger partial charge in [0.25, 0.3) is 0 Å². The molecule has 2 heteroatoms. The fourth-order valence-corrected chi connectivity index (χ4v) is 3.16. The van der Waals surface area contributed by atoms with Crippen molar-refractivity contribution in [3.63, 3.8) is 0 Å². The van der Waals surface area contributed by atoms with E-state index >= 15 is 0 Å². The molecule has 0 amide bonds. The molecule has 0 heterocycles. The number of ether oxygens (including phenoxy) is 1. The Morgan fingerprint density at radius 3 is 2.00 bits per heavy atom. The number of hydrogen-bond donors (Lipinski definition) is 1. The zero-order valence-electron chi connectivity index (χ0n) is 15.6. The number of hydrogen-bond acceptors (Lipinski definition) is 2. The van der Waals surface area contributed by atoms with Gasteiger partial charge in [-0.1, -0.05) is 68.4 Å². The van der Waals surface area contributed by atoms with Crippen molar-refractivity contribution in [3.8, 4) is 11.5 Å². The average Bonchev–Trinajstić information content (AvgIpc) is 2.69. The third-order valence-electron chi connectivity index (χ3n) is 5.13.